The number of rotatable bonds is 3. The number of hydrogen-bond donors (Lipinski definition) is 0. The Bertz CT molecular complexity index is 423. The van der Waals surface area contributed by atoms with E-state index in [0.717, 1.165) is 34.8 Å². The molecular formula is C14H20BrClN2. The molecule has 0 bridgehead atoms. The highest BCUT2D eigenvalue weighted by Crippen LogP contribution is 2.36. The molecule has 0 amide bonds. The molecule has 18 heavy (non-hydrogen) atoms. The summed E-state index contributed by atoms with van der Waals surface area (Å²) in [6, 6.07) is 0. The molecule has 0 aromatic carbocycles. The van der Waals surface area contributed by atoms with Crippen molar-refractivity contribution < 1.29 is 0 Å². The van der Waals surface area contributed by atoms with Crippen molar-refractivity contribution in [2.45, 2.75) is 58.3 Å². The van der Waals surface area contributed by atoms with Gasteiger partial charge in [0.2, 0.25) is 0 Å². The minimum Gasteiger partial charge on any atom is -0.236 e. The van der Waals surface area contributed by atoms with Gasteiger partial charge < -0.3 is 0 Å². The summed E-state index contributed by atoms with van der Waals surface area (Å²) in [6.45, 7) is 4.48. The first-order chi connectivity index (χ1) is 8.61. The summed E-state index contributed by atoms with van der Waals surface area (Å²) in [5, 5.41) is 0.571. The van der Waals surface area contributed by atoms with Crippen LogP contribution in [-0.2, 0) is 6.42 Å². The standard InChI is InChI=1S/C14H20BrClN2/c1-3-5-11-12(15)13(16)18-14(17-11)10-7-4-6-9(2)8-10/h9-10H,3-8H2,1-2H3. The van der Waals surface area contributed by atoms with E-state index in [1.165, 1.54) is 25.7 Å². The molecule has 2 nitrogen and oxygen atoms in total. The lowest BCUT2D eigenvalue weighted by Crippen LogP contribution is -2.15. The maximum absolute atomic E-state index is 6.21. The number of halogens is 2. The van der Waals surface area contributed by atoms with E-state index >= 15 is 0 Å². The van der Waals surface area contributed by atoms with Gasteiger partial charge in [-0.05, 0) is 41.1 Å². The molecule has 1 aliphatic rings. The Kier molecular flexibility index (Phi) is 5.02. The summed E-state index contributed by atoms with van der Waals surface area (Å²) >= 11 is 9.71. The van der Waals surface area contributed by atoms with Crippen molar-refractivity contribution in [3.63, 3.8) is 0 Å². The minimum atomic E-state index is 0.495. The smallest absolute Gasteiger partial charge is 0.147 e. The average Bonchev–Trinajstić information content (AvgIpc) is 2.35. The molecule has 1 aliphatic carbocycles. The fraction of sp³-hybridized carbons (Fsp3) is 0.714. The van der Waals surface area contributed by atoms with Gasteiger partial charge in [0.05, 0.1) is 10.2 Å². The third-order valence-electron chi connectivity index (χ3n) is 3.69. The quantitative estimate of drug-likeness (QED) is 0.717. The van der Waals surface area contributed by atoms with Crippen LogP contribution in [0.15, 0.2) is 4.47 Å². The minimum absolute atomic E-state index is 0.495. The normalized spacial score (nSPS) is 24.2. The zero-order chi connectivity index (χ0) is 13.1. The van der Waals surface area contributed by atoms with E-state index in [-0.39, 0.29) is 0 Å². The summed E-state index contributed by atoms with van der Waals surface area (Å²) in [5.74, 6) is 2.23. The number of nitrogens with zero attached hydrogens (tertiary/aromatic N) is 2. The molecule has 1 aromatic rings. The predicted molar refractivity (Wildman–Crippen MR) is 79.1 cm³/mol. The number of hydrogen-bond acceptors (Lipinski definition) is 2. The van der Waals surface area contributed by atoms with Gasteiger partial charge in [-0.3, -0.25) is 0 Å². The zero-order valence-electron chi connectivity index (χ0n) is 11.0. The van der Waals surface area contributed by atoms with Crippen molar-refractivity contribution in [2.75, 3.05) is 0 Å². The van der Waals surface area contributed by atoms with Crippen LogP contribution in [0.2, 0.25) is 5.15 Å². The van der Waals surface area contributed by atoms with Crippen molar-refractivity contribution in [1.82, 2.24) is 9.97 Å². The topological polar surface area (TPSA) is 25.8 Å². The highest BCUT2D eigenvalue weighted by molar-refractivity contribution is 9.10. The Morgan fingerprint density at radius 1 is 1.33 bits per heavy atom. The van der Waals surface area contributed by atoms with Gasteiger partial charge in [-0.1, -0.05) is 44.7 Å². The first-order valence-corrected chi connectivity index (χ1v) is 8.00. The molecule has 2 atom stereocenters. The molecule has 100 valence electrons. The van der Waals surface area contributed by atoms with E-state index in [1.807, 2.05) is 0 Å². The lowest BCUT2D eigenvalue weighted by molar-refractivity contribution is 0.334. The second-order valence-electron chi connectivity index (χ2n) is 5.35. The lowest BCUT2D eigenvalue weighted by Gasteiger charge is -2.26. The van der Waals surface area contributed by atoms with Crippen LogP contribution in [0.5, 0.6) is 0 Å². The van der Waals surface area contributed by atoms with Crippen LogP contribution in [0, 0.1) is 5.92 Å². The van der Waals surface area contributed by atoms with Gasteiger partial charge in [-0.15, -0.1) is 0 Å². The van der Waals surface area contributed by atoms with Gasteiger partial charge >= 0.3 is 0 Å². The molecule has 1 fully saturated rings. The Morgan fingerprint density at radius 2 is 2.11 bits per heavy atom. The molecule has 0 N–H and O–H groups in total. The summed E-state index contributed by atoms with van der Waals surface area (Å²) in [4.78, 5) is 9.22. The van der Waals surface area contributed by atoms with Gasteiger partial charge in [0.25, 0.3) is 0 Å². The molecule has 1 aromatic heterocycles. The summed E-state index contributed by atoms with van der Waals surface area (Å²) < 4.78 is 0.874. The second-order valence-corrected chi connectivity index (χ2v) is 6.50. The number of aromatic nitrogens is 2. The van der Waals surface area contributed by atoms with Crippen molar-refractivity contribution in [3.05, 3.63) is 21.1 Å². The number of aryl methyl sites for hydroxylation is 1. The Morgan fingerprint density at radius 3 is 2.78 bits per heavy atom. The Hall–Kier alpha value is -0.150. The van der Waals surface area contributed by atoms with Gasteiger partial charge in [0, 0.05) is 5.92 Å². The molecule has 0 radical (unpaired) electrons. The van der Waals surface area contributed by atoms with E-state index < -0.39 is 0 Å². The van der Waals surface area contributed by atoms with E-state index in [9.17, 15) is 0 Å². The Balaban J connectivity index is 2.27. The predicted octanol–water partition coefficient (Wildman–Crippen LogP) is 5.14. The van der Waals surface area contributed by atoms with Crippen LogP contribution in [0.1, 0.15) is 63.4 Å². The molecule has 1 heterocycles. The van der Waals surface area contributed by atoms with Crippen LogP contribution in [0.25, 0.3) is 0 Å². The molecule has 0 saturated heterocycles. The maximum Gasteiger partial charge on any atom is 0.147 e. The third-order valence-corrected chi connectivity index (χ3v) is 5.02. The highest BCUT2D eigenvalue weighted by atomic mass is 79.9. The van der Waals surface area contributed by atoms with Crippen molar-refractivity contribution in [2.24, 2.45) is 5.92 Å². The SMILES string of the molecule is CCCc1nc(C2CCCC(C)C2)nc(Cl)c1Br. The van der Waals surface area contributed by atoms with Crippen LogP contribution in [-0.4, -0.2) is 9.97 Å². The van der Waals surface area contributed by atoms with Crippen LogP contribution < -0.4 is 0 Å². The molecule has 0 aliphatic heterocycles. The second kappa shape index (κ2) is 6.33. The van der Waals surface area contributed by atoms with Gasteiger partial charge in [-0.2, -0.15) is 0 Å². The van der Waals surface area contributed by atoms with Gasteiger partial charge in [-0.25, -0.2) is 9.97 Å². The van der Waals surface area contributed by atoms with Crippen molar-refractivity contribution in [3.8, 4) is 0 Å². The third kappa shape index (κ3) is 3.24. The van der Waals surface area contributed by atoms with E-state index in [2.05, 4.69) is 34.8 Å². The summed E-state index contributed by atoms with van der Waals surface area (Å²) in [6.07, 6.45) is 7.05. The molecular weight excluding hydrogens is 312 g/mol. The molecule has 0 spiro atoms. The van der Waals surface area contributed by atoms with Gasteiger partial charge in [0.15, 0.2) is 0 Å². The monoisotopic (exact) mass is 330 g/mol. The van der Waals surface area contributed by atoms with Crippen molar-refractivity contribution >= 4 is 27.5 Å². The van der Waals surface area contributed by atoms with E-state index in [4.69, 9.17) is 16.6 Å². The molecule has 2 unspecified atom stereocenters. The van der Waals surface area contributed by atoms with E-state index in [0.29, 0.717) is 11.1 Å². The first-order valence-electron chi connectivity index (χ1n) is 6.83. The molecule has 1 saturated carbocycles. The first kappa shape index (κ1) is 14.3. The fourth-order valence-electron chi connectivity index (χ4n) is 2.73. The van der Waals surface area contributed by atoms with Gasteiger partial charge in [0.1, 0.15) is 11.0 Å². The van der Waals surface area contributed by atoms with Crippen molar-refractivity contribution in [1.29, 1.82) is 0 Å². The van der Waals surface area contributed by atoms with Crippen LogP contribution in [0.4, 0.5) is 0 Å². The lowest BCUT2D eigenvalue weighted by atomic mass is 9.82. The Labute approximate surface area is 123 Å². The molecule has 4 heteroatoms. The van der Waals surface area contributed by atoms with Crippen LogP contribution >= 0.6 is 27.5 Å². The van der Waals surface area contributed by atoms with E-state index in [1.54, 1.807) is 0 Å². The summed E-state index contributed by atoms with van der Waals surface area (Å²) in [7, 11) is 0. The highest BCUT2D eigenvalue weighted by Gasteiger charge is 2.24. The maximum atomic E-state index is 6.21. The average molecular weight is 332 g/mol. The molecule has 2 rings (SSSR count). The van der Waals surface area contributed by atoms with Crippen LogP contribution in [0.3, 0.4) is 0 Å². The largest absolute Gasteiger partial charge is 0.236 e. The summed E-state index contributed by atoms with van der Waals surface area (Å²) in [5.41, 5.74) is 1.06. The fourth-order valence-corrected chi connectivity index (χ4v) is 3.31. The zero-order valence-corrected chi connectivity index (χ0v) is 13.4.